The second-order valence-corrected chi connectivity index (χ2v) is 8.17. The monoisotopic (exact) mass is 358 g/mol. The number of hydrazone groups is 1. The van der Waals surface area contributed by atoms with E-state index in [0.29, 0.717) is 5.56 Å². The largest absolute Gasteiger partial charge is 0.507 e. The number of aromatic hydroxyl groups is 1. The van der Waals surface area contributed by atoms with Crippen molar-refractivity contribution in [2.24, 2.45) is 34.2 Å². The zero-order valence-electron chi connectivity index (χ0n) is 14.6. The molecule has 4 atom stereocenters. The van der Waals surface area contributed by atoms with Gasteiger partial charge in [0, 0.05) is 5.56 Å². The number of imide groups is 1. The summed E-state index contributed by atoms with van der Waals surface area (Å²) in [7, 11) is 0. The molecule has 6 rings (SSSR count). The van der Waals surface area contributed by atoms with Gasteiger partial charge in [0.05, 0.1) is 18.1 Å². The van der Waals surface area contributed by atoms with Gasteiger partial charge in [-0.1, -0.05) is 42.5 Å². The van der Waals surface area contributed by atoms with Gasteiger partial charge in [0.15, 0.2) is 0 Å². The van der Waals surface area contributed by atoms with E-state index in [1.165, 1.54) is 6.21 Å². The third-order valence-electron chi connectivity index (χ3n) is 7.08. The first-order valence-electron chi connectivity index (χ1n) is 9.43. The first-order valence-corrected chi connectivity index (χ1v) is 9.43. The minimum atomic E-state index is -0.256. The SMILES string of the molecule is O=C1C2C(C(=O)N1/N=C/c1c(O)ccc3ccccc13)[C@H]1C=CC2C12CC2. The van der Waals surface area contributed by atoms with Crippen LogP contribution in [0, 0.1) is 29.1 Å². The first kappa shape index (κ1) is 15.1. The third kappa shape index (κ3) is 1.77. The highest BCUT2D eigenvalue weighted by Gasteiger charge is 2.73. The fourth-order valence-corrected chi connectivity index (χ4v) is 5.71. The number of rotatable bonds is 2. The molecule has 2 bridgehead atoms. The van der Waals surface area contributed by atoms with Gasteiger partial charge in [-0.15, -0.1) is 0 Å². The van der Waals surface area contributed by atoms with E-state index in [1.807, 2.05) is 30.3 Å². The Morgan fingerprint density at radius 3 is 2.33 bits per heavy atom. The van der Waals surface area contributed by atoms with Gasteiger partial charge in [-0.05, 0) is 46.9 Å². The van der Waals surface area contributed by atoms with Gasteiger partial charge in [0.2, 0.25) is 0 Å². The molecule has 1 aliphatic heterocycles. The molecule has 2 aromatic carbocycles. The van der Waals surface area contributed by atoms with Crippen LogP contribution in [0.25, 0.3) is 10.8 Å². The highest BCUT2D eigenvalue weighted by atomic mass is 16.3. The second kappa shape index (κ2) is 4.85. The predicted octanol–water partition coefficient (Wildman–Crippen LogP) is 3.08. The lowest BCUT2D eigenvalue weighted by Crippen LogP contribution is -2.30. The van der Waals surface area contributed by atoms with Gasteiger partial charge in [0.25, 0.3) is 11.8 Å². The lowest BCUT2D eigenvalue weighted by atomic mass is 9.85. The third-order valence-corrected chi connectivity index (χ3v) is 7.08. The van der Waals surface area contributed by atoms with E-state index in [9.17, 15) is 14.7 Å². The van der Waals surface area contributed by atoms with Crippen molar-refractivity contribution in [3.8, 4) is 5.75 Å². The molecule has 4 aliphatic rings. The number of allylic oxidation sites excluding steroid dienone is 2. The summed E-state index contributed by atoms with van der Waals surface area (Å²) in [5.41, 5.74) is 0.704. The second-order valence-electron chi connectivity index (χ2n) is 8.17. The Hall–Kier alpha value is -2.95. The van der Waals surface area contributed by atoms with Crippen LogP contribution >= 0.6 is 0 Å². The Morgan fingerprint density at radius 2 is 1.67 bits per heavy atom. The van der Waals surface area contributed by atoms with E-state index in [4.69, 9.17) is 0 Å². The molecule has 0 aromatic heterocycles. The van der Waals surface area contributed by atoms with Crippen molar-refractivity contribution in [1.82, 2.24) is 5.01 Å². The van der Waals surface area contributed by atoms with Crippen molar-refractivity contribution in [2.75, 3.05) is 0 Å². The van der Waals surface area contributed by atoms with Crippen molar-refractivity contribution in [2.45, 2.75) is 12.8 Å². The minimum Gasteiger partial charge on any atom is -0.507 e. The summed E-state index contributed by atoms with van der Waals surface area (Å²) >= 11 is 0. The molecule has 1 N–H and O–H groups in total. The molecule has 5 nitrogen and oxygen atoms in total. The fourth-order valence-electron chi connectivity index (χ4n) is 5.71. The Bertz CT molecular complexity index is 1050. The Kier molecular flexibility index (Phi) is 2.72. The number of benzene rings is 2. The van der Waals surface area contributed by atoms with Crippen LogP contribution in [-0.4, -0.2) is 28.1 Å². The molecule has 1 saturated heterocycles. The summed E-state index contributed by atoms with van der Waals surface area (Å²) in [6, 6.07) is 11.1. The fraction of sp³-hybridized carbons (Fsp3) is 0.318. The average Bonchev–Trinajstić information content (AvgIpc) is 3.28. The van der Waals surface area contributed by atoms with E-state index in [1.54, 1.807) is 6.07 Å². The number of carbonyl (C=O) groups excluding carboxylic acids is 2. The topological polar surface area (TPSA) is 70.0 Å². The average molecular weight is 358 g/mol. The zero-order chi connectivity index (χ0) is 18.3. The number of phenolic OH excluding ortho intramolecular Hbond substituents is 1. The van der Waals surface area contributed by atoms with Crippen LogP contribution < -0.4 is 0 Å². The summed E-state index contributed by atoms with van der Waals surface area (Å²) in [4.78, 5) is 25.9. The molecule has 2 amide bonds. The maximum atomic E-state index is 13.0. The highest BCUT2D eigenvalue weighted by Crippen LogP contribution is 2.73. The smallest absolute Gasteiger partial charge is 0.254 e. The van der Waals surface area contributed by atoms with E-state index in [2.05, 4.69) is 17.3 Å². The van der Waals surface area contributed by atoms with Crippen LogP contribution in [0.15, 0.2) is 53.7 Å². The molecular formula is C22H18N2O3. The number of fused-ring (bicyclic) bond motifs is 4. The lowest BCUT2D eigenvalue weighted by molar-refractivity contribution is -0.141. The molecule has 3 aliphatic carbocycles. The van der Waals surface area contributed by atoms with Crippen LogP contribution in [0.5, 0.6) is 5.75 Å². The molecule has 134 valence electrons. The molecule has 5 heteroatoms. The van der Waals surface area contributed by atoms with E-state index < -0.39 is 0 Å². The van der Waals surface area contributed by atoms with Crippen molar-refractivity contribution in [3.63, 3.8) is 0 Å². The number of amides is 2. The minimum absolute atomic E-state index is 0.0791. The predicted molar refractivity (Wildman–Crippen MR) is 99.8 cm³/mol. The molecule has 27 heavy (non-hydrogen) atoms. The molecular weight excluding hydrogens is 340 g/mol. The number of hydrogen-bond donors (Lipinski definition) is 1. The number of carbonyl (C=O) groups is 2. The van der Waals surface area contributed by atoms with Gasteiger partial charge in [0.1, 0.15) is 5.75 Å². The molecule has 3 fully saturated rings. The molecule has 3 unspecified atom stereocenters. The van der Waals surface area contributed by atoms with E-state index in [-0.39, 0.29) is 46.7 Å². The molecule has 1 heterocycles. The van der Waals surface area contributed by atoms with Crippen LogP contribution in [0.3, 0.4) is 0 Å². The maximum Gasteiger partial charge on any atom is 0.254 e. The van der Waals surface area contributed by atoms with Crippen LogP contribution in [0.1, 0.15) is 18.4 Å². The van der Waals surface area contributed by atoms with E-state index in [0.717, 1.165) is 28.6 Å². The van der Waals surface area contributed by atoms with Gasteiger partial charge in [-0.2, -0.15) is 10.1 Å². The summed E-state index contributed by atoms with van der Waals surface area (Å²) in [5, 5.41) is 17.3. The number of phenols is 1. The standard InChI is InChI=1S/C22H18N2O3/c25-17-8-5-12-3-1-2-4-13(12)14(17)11-23-24-20(26)18-15-6-7-16(19(18)21(24)27)22(15)9-10-22/h1-8,11,15-16,18-19,25H,9-10H2/b23-11+/t15-,16?,18?,19?/m1/s1. The normalized spacial score (nSPS) is 32.4. The van der Waals surface area contributed by atoms with Gasteiger partial charge in [-0.3, -0.25) is 9.59 Å². The van der Waals surface area contributed by atoms with Crippen LogP contribution in [0.4, 0.5) is 0 Å². The van der Waals surface area contributed by atoms with Crippen molar-refractivity contribution < 1.29 is 14.7 Å². The Morgan fingerprint density at radius 1 is 1.00 bits per heavy atom. The van der Waals surface area contributed by atoms with Gasteiger partial charge in [-0.25, -0.2) is 0 Å². The number of hydrogen-bond acceptors (Lipinski definition) is 4. The molecule has 2 saturated carbocycles. The maximum absolute atomic E-state index is 13.0. The summed E-state index contributed by atoms with van der Waals surface area (Å²) in [6.07, 6.45) is 7.98. The van der Waals surface area contributed by atoms with Crippen LogP contribution in [0.2, 0.25) is 0 Å². The lowest BCUT2D eigenvalue weighted by Gasteiger charge is -2.18. The summed E-state index contributed by atoms with van der Waals surface area (Å²) in [5.74, 6) is -0.435. The van der Waals surface area contributed by atoms with Gasteiger partial charge < -0.3 is 5.11 Å². The zero-order valence-corrected chi connectivity index (χ0v) is 14.6. The van der Waals surface area contributed by atoms with Crippen molar-refractivity contribution in [1.29, 1.82) is 0 Å². The Labute approximate surface area is 156 Å². The molecule has 2 aromatic rings. The molecule has 1 spiro atoms. The summed E-state index contributed by atoms with van der Waals surface area (Å²) < 4.78 is 0. The van der Waals surface area contributed by atoms with Gasteiger partial charge >= 0.3 is 0 Å². The van der Waals surface area contributed by atoms with Crippen molar-refractivity contribution in [3.05, 3.63) is 54.1 Å². The van der Waals surface area contributed by atoms with E-state index >= 15 is 0 Å². The summed E-state index contributed by atoms with van der Waals surface area (Å²) in [6.45, 7) is 0. The highest BCUT2D eigenvalue weighted by molar-refractivity contribution is 6.08. The first-order chi connectivity index (χ1) is 13.1. The number of nitrogens with zero attached hydrogens (tertiary/aromatic N) is 2. The molecule has 0 radical (unpaired) electrons. The van der Waals surface area contributed by atoms with Crippen molar-refractivity contribution >= 4 is 28.8 Å². The quantitative estimate of drug-likeness (QED) is 0.510. The van der Waals surface area contributed by atoms with Crippen LogP contribution in [-0.2, 0) is 9.59 Å². The Balaban J connectivity index is 1.37.